The molecule has 6 heteroatoms. The number of hydrogen-bond donors (Lipinski definition) is 0. The Hall–Kier alpha value is -1.56. The van der Waals surface area contributed by atoms with Crippen LogP contribution in [0.1, 0.15) is 10.4 Å². The molecule has 2 heterocycles. The van der Waals surface area contributed by atoms with Crippen LogP contribution in [-0.4, -0.2) is 29.6 Å². The number of nitrogens with zero attached hydrogens (tertiary/aromatic N) is 2. The molecule has 0 aromatic carbocycles. The van der Waals surface area contributed by atoms with Gasteiger partial charge in [0, 0.05) is 12.3 Å². The number of aromatic nitrogens is 2. The molecule has 0 atom stereocenters. The third-order valence-corrected chi connectivity index (χ3v) is 2.78. The number of methoxy groups -OCH3 is 2. The van der Waals surface area contributed by atoms with Gasteiger partial charge in [-0.15, -0.1) is 0 Å². The van der Waals surface area contributed by atoms with Gasteiger partial charge in [0.15, 0.2) is 0 Å². The number of halogens is 1. The first-order valence-corrected chi connectivity index (χ1v) is 5.25. The molecule has 0 aliphatic carbocycles. The first-order valence-electron chi connectivity index (χ1n) is 4.46. The molecule has 5 nitrogen and oxygen atoms in total. The molecule has 0 fully saturated rings. The zero-order valence-electron chi connectivity index (χ0n) is 8.73. The monoisotopic (exact) mass is 284 g/mol. The summed E-state index contributed by atoms with van der Waals surface area (Å²) in [7, 11) is 2.82. The van der Waals surface area contributed by atoms with Gasteiger partial charge in [-0.3, -0.25) is 4.40 Å². The molecule has 0 spiro atoms. The number of esters is 1. The highest BCUT2D eigenvalue weighted by atomic mass is 79.9. The molecule has 0 radical (unpaired) electrons. The Balaban J connectivity index is 2.69. The first-order chi connectivity index (χ1) is 7.67. The highest BCUT2D eigenvalue weighted by Gasteiger charge is 2.15. The molecule has 16 heavy (non-hydrogen) atoms. The van der Waals surface area contributed by atoms with E-state index in [0.717, 1.165) is 4.60 Å². The van der Waals surface area contributed by atoms with E-state index in [1.54, 1.807) is 22.9 Å². The maximum atomic E-state index is 11.5. The molecule has 0 saturated heterocycles. The molecular weight excluding hydrogens is 276 g/mol. The van der Waals surface area contributed by atoms with Crippen molar-refractivity contribution in [1.29, 1.82) is 0 Å². The van der Waals surface area contributed by atoms with Crippen molar-refractivity contribution < 1.29 is 14.3 Å². The van der Waals surface area contributed by atoms with E-state index in [1.165, 1.54) is 14.2 Å². The average Bonchev–Trinajstić information content (AvgIpc) is 2.68. The van der Waals surface area contributed by atoms with Crippen LogP contribution >= 0.6 is 15.9 Å². The van der Waals surface area contributed by atoms with Crippen LogP contribution in [0.4, 0.5) is 0 Å². The van der Waals surface area contributed by atoms with Crippen molar-refractivity contribution in [2.24, 2.45) is 0 Å². The van der Waals surface area contributed by atoms with Crippen molar-refractivity contribution >= 4 is 27.5 Å². The Morgan fingerprint density at radius 2 is 2.25 bits per heavy atom. The number of carbonyl (C=O) groups excluding carboxylic acids is 1. The summed E-state index contributed by atoms with van der Waals surface area (Å²) in [5.41, 5.74) is 1.05. The van der Waals surface area contributed by atoms with Crippen molar-refractivity contribution in [3.63, 3.8) is 0 Å². The van der Waals surface area contributed by atoms with Gasteiger partial charge in [0.05, 0.1) is 20.4 Å². The highest BCUT2D eigenvalue weighted by Crippen LogP contribution is 2.23. The van der Waals surface area contributed by atoms with Gasteiger partial charge < -0.3 is 9.47 Å². The smallest absolute Gasteiger partial charge is 0.343 e. The number of fused-ring (bicyclic) bond motifs is 1. The van der Waals surface area contributed by atoms with E-state index in [1.807, 2.05) is 0 Å². The van der Waals surface area contributed by atoms with Crippen molar-refractivity contribution in [1.82, 2.24) is 9.38 Å². The second kappa shape index (κ2) is 4.13. The van der Waals surface area contributed by atoms with Crippen LogP contribution in [0.3, 0.4) is 0 Å². The minimum atomic E-state index is -0.445. The fourth-order valence-corrected chi connectivity index (χ4v) is 1.79. The number of rotatable bonds is 2. The molecule has 0 amide bonds. The van der Waals surface area contributed by atoms with Gasteiger partial charge in [0.2, 0.25) is 0 Å². The molecule has 0 aliphatic heterocycles. The van der Waals surface area contributed by atoms with Crippen LogP contribution in [0.15, 0.2) is 23.1 Å². The summed E-state index contributed by atoms with van der Waals surface area (Å²) < 4.78 is 12.3. The van der Waals surface area contributed by atoms with E-state index >= 15 is 0 Å². The predicted molar refractivity (Wildman–Crippen MR) is 60.8 cm³/mol. The topological polar surface area (TPSA) is 52.8 Å². The summed E-state index contributed by atoms with van der Waals surface area (Å²) in [6, 6.07) is 1.68. The Morgan fingerprint density at radius 3 is 2.88 bits per heavy atom. The molecule has 0 aliphatic rings. The van der Waals surface area contributed by atoms with Crippen molar-refractivity contribution in [2.75, 3.05) is 14.2 Å². The van der Waals surface area contributed by atoms with Crippen LogP contribution in [0.25, 0.3) is 5.65 Å². The quantitative estimate of drug-likeness (QED) is 0.791. The minimum absolute atomic E-state index is 0.358. The lowest BCUT2D eigenvalue weighted by Gasteiger charge is -2.07. The summed E-state index contributed by atoms with van der Waals surface area (Å²) in [5.74, 6) is -0.00296. The van der Waals surface area contributed by atoms with Crippen LogP contribution < -0.4 is 4.74 Å². The third-order valence-electron chi connectivity index (χ3n) is 2.19. The molecule has 0 unspecified atom stereocenters. The molecule has 2 aromatic rings. The standard InChI is InChI=1S/C10H9BrN2O3/c1-15-7-3-9-12-4-8(11)13(9)5-6(7)10(14)16-2/h3-5H,1-2H3. The van der Waals surface area contributed by atoms with Gasteiger partial charge in [-0.25, -0.2) is 9.78 Å². The van der Waals surface area contributed by atoms with E-state index in [-0.39, 0.29) is 0 Å². The van der Waals surface area contributed by atoms with E-state index in [4.69, 9.17) is 4.74 Å². The van der Waals surface area contributed by atoms with Gasteiger partial charge in [-0.1, -0.05) is 0 Å². The lowest BCUT2D eigenvalue weighted by atomic mass is 10.2. The first kappa shape index (κ1) is 10.9. The molecule has 84 valence electrons. The Labute approximate surface area is 100 Å². The summed E-state index contributed by atoms with van der Waals surface area (Å²) >= 11 is 3.33. The zero-order chi connectivity index (χ0) is 11.7. The summed E-state index contributed by atoms with van der Waals surface area (Å²) in [6.07, 6.45) is 3.27. The van der Waals surface area contributed by atoms with Crippen molar-refractivity contribution in [3.05, 3.63) is 28.6 Å². The zero-order valence-corrected chi connectivity index (χ0v) is 10.3. The molecule has 2 aromatic heterocycles. The molecular formula is C10H9BrN2O3. The highest BCUT2D eigenvalue weighted by molar-refractivity contribution is 9.10. The number of hydrogen-bond acceptors (Lipinski definition) is 4. The molecule has 0 N–H and O–H groups in total. The molecule has 0 saturated carbocycles. The lowest BCUT2D eigenvalue weighted by Crippen LogP contribution is -2.06. The van der Waals surface area contributed by atoms with Gasteiger partial charge in [-0.2, -0.15) is 0 Å². The minimum Gasteiger partial charge on any atom is -0.496 e. The lowest BCUT2D eigenvalue weighted by molar-refractivity contribution is 0.0596. The maximum absolute atomic E-state index is 11.5. The van der Waals surface area contributed by atoms with E-state index in [0.29, 0.717) is 17.0 Å². The second-order valence-electron chi connectivity index (χ2n) is 3.06. The van der Waals surface area contributed by atoms with Crippen LogP contribution in [0.2, 0.25) is 0 Å². The van der Waals surface area contributed by atoms with Gasteiger partial charge in [0.1, 0.15) is 21.6 Å². The van der Waals surface area contributed by atoms with Crippen molar-refractivity contribution in [3.8, 4) is 5.75 Å². The van der Waals surface area contributed by atoms with Gasteiger partial charge in [0.25, 0.3) is 0 Å². The number of pyridine rings is 1. The van der Waals surface area contributed by atoms with E-state index in [9.17, 15) is 4.79 Å². The summed E-state index contributed by atoms with van der Waals surface area (Å²) in [4.78, 5) is 15.7. The van der Waals surface area contributed by atoms with Crippen molar-refractivity contribution in [2.45, 2.75) is 0 Å². The average molecular weight is 285 g/mol. The van der Waals surface area contributed by atoms with E-state index in [2.05, 4.69) is 25.7 Å². The Kier molecular flexibility index (Phi) is 2.82. The number of imidazole rings is 1. The summed E-state index contributed by atoms with van der Waals surface area (Å²) in [6.45, 7) is 0. The SMILES string of the molecule is COC(=O)c1cn2c(Br)cnc2cc1OC. The fraction of sp³-hybridized carbons (Fsp3) is 0.200. The number of carbonyl (C=O) groups is 1. The molecule has 2 rings (SSSR count). The van der Waals surface area contributed by atoms with Gasteiger partial charge >= 0.3 is 5.97 Å². The predicted octanol–water partition coefficient (Wildman–Crippen LogP) is 1.89. The number of ether oxygens (including phenoxy) is 2. The van der Waals surface area contributed by atoms with Crippen LogP contribution in [0.5, 0.6) is 5.75 Å². The Bertz CT molecular complexity index is 550. The van der Waals surface area contributed by atoms with Crippen LogP contribution in [-0.2, 0) is 4.74 Å². The van der Waals surface area contributed by atoms with Gasteiger partial charge in [-0.05, 0) is 15.9 Å². The van der Waals surface area contributed by atoms with Crippen LogP contribution in [0, 0.1) is 0 Å². The second-order valence-corrected chi connectivity index (χ2v) is 3.87. The molecule has 0 bridgehead atoms. The third kappa shape index (κ3) is 1.65. The summed E-state index contributed by atoms with van der Waals surface area (Å²) in [5, 5.41) is 0. The Morgan fingerprint density at radius 1 is 1.50 bits per heavy atom. The van der Waals surface area contributed by atoms with E-state index < -0.39 is 5.97 Å². The largest absolute Gasteiger partial charge is 0.496 e. The maximum Gasteiger partial charge on any atom is 0.343 e. The fourth-order valence-electron chi connectivity index (χ4n) is 1.41. The normalized spacial score (nSPS) is 10.4.